The number of hydrogen-bond donors (Lipinski definition) is 2. The first-order valence-electron chi connectivity index (χ1n) is 5.25. The van der Waals surface area contributed by atoms with Crippen molar-refractivity contribution >= 4 is 11.6 Å². The molecule has 1 fully saturated rings. The maximum absolute atomic E-state index is 11.8. The number of nitrogens with one attached hydrogen (secondary N) is 1. The Morgan fingerprint density at radius 3 is 2.80 bits per heavy atom. The molecular weight excluding hydrogens is 192 g/mol. The minimum Gasteiger partial charge on any atom is -0.395 e. The second-order valence-corrected chi connectivity index (χ2v) is 3.93. The van der Waals surface area contributed by atoms with Gasteiger partial charge in [0.25, 0.3) is 5.91 Å². The van der Waals surface area contributed by atoms with E-state index in [1.807, 2.05) is 6.92 Å². The van der Waals surface area contributed by atoms with E-state index in [1.165, 1.54) is 0 Å². The highest BCUT2D eigenvalue weighted by atomic mass is 16.2. The first-order chi connectivity index (χ1) is 7.13. The quantitative estimate of drug-likeness (QED) is 0.757. The van der Waals surface area contributed by atoms with E-state index < -0.39 is 0 Å². The largest absolute Gasteiger partial charge is 0.395 e. The van der Waals surface area contributed by atoms with E-state index in [9.17, 15) is 4.79 Å². The van der Waals surface area contributed by atoms with Gasteiger partial charge >= 0.3 is 0 Å². The van der Waals surface area contributed by atoms with Gasteiger partial charge in [0, 0.05) is 13.1 Å². The van der Waals surface area contributed by atoms with Gasteiger partial charge in [0.1, 0.15) is 5.69 Å². The Hall–Kier alpha value is -1.52. The van der Waals surface area contributed by atoms with Crippen molar-refractivity contribution in [2.75, 3.05) is 5.73 Å². The molecule has 15 heavy (non-hydrogen) atoms. The van der Waals surface area contributed by atoms with E-state index in [1.54, 1.807) is 11.7 Å². The Balaban J connectivity index is 2.25. The number of carbonyl (C=O) groups excluding carboxylic acids is 1. The topological polar surface area (TPSA) is 72.9 Å². The van der Waals surface area contributed by atoms with Crippen molar-refractivity contribution in [3.63, 3.8) is 0 Å². The molecule has 5 nitrogen and oxygen atoms in total. The zero-order valence-corrected chi connectivity index (χ0v) is 9.08. The van der Waals surface area contributed by atoms with Gasteiger partial charge in [-0.05, 0) is 19.3 Å². The van der Waals surface area contributed by atoms with Crippen molar-refractivity contribution in [2.45, 2.75) is 32.2 Å². The first kappa shape index (κ1) is 10.0. The smallest absolute Gasteiger partial charge is 0.271 e. The Kier molecular flexibility index (Phi) is 2.38. The summed E-state index contributed by atoms with van der Waals surface area (Å²) in [6.45, 7) is 1.97. The van der Waals surface area contributed by atoms with Crippen LogP contribution in [0.4, 0.5) is 5.69 Å². The standard InChI is InChI=1S/C10H16N4O/c1-3-7-8(11)9(14(2)13-7)10(15)12-6-4-5-6/h6H,3-5,11H2,1-2H3,(H,12,15). The summed E-state index contributed by atoms with van der Waals surface area (Å²) in [5.41, 5.74) is 7.65. The third kappa shape index (κ3) is 1.82. The van der Waals surface area contributed by atoms with Gasteiger partial charge in [0.15, 0.2) is 0 Å². The van der Waals surface area contributed by atoms with E-state index in [2.05, 4.69) is 10.4 Å². The average molecular weight is 208 g/mol. The van der Waals surface area contributed by atoms with Crippen LogP contribution in [0.2, 0.25) is 0 Å². The molecule has 0 spiro atoms. The third-order valence-corrected chi connectivity index (χ3v) is 2.62. The van der Waals surface area contributed by atoms with Gasteiger partial charge in [-0.2, -0.15) is 5.10 Å². The zero-order chi connectivity index (χ0) is 11.0. The lowest BCUT2D eigenvalue weighted by Gasteiger charge is -2.04. The monoisotopic (exact) mass is 208 g/mol. The Bertz CT molecular complexity index is 392. The Morgan fingerprint density at radius 1 is 1.67 bits per heavy atom. The van der Waals surface area contributed by atoms with Crippen molar-refractivity contribution in [2.24, 2.45) is 7.05 Å². The number of amides is 1. The summed E-state index contributed by atoms with van der Waals surface area (Å²) in [6, 6.07) is 0.344. The van der Waals surface area contributed by atoms with Crippen molar-refractivity contribution in [1.29, 1.82) is 0 Å². The number of hydrogen-bond acceptors (Lipinski definition) is 3. The summed E-state index contributed by atoms with van der Waals surface area (Å²) in [6.07, 6.45) is 2.89. The van der Waals surface area contributed by atoms with Gasteiger partial charge in [-0.15, -0.1) is 0 Å². The van der Waals surface area contributed by atoms with Crippen molar-refractivity contribution in [3.8, 4) is 0 Å². The molecule has 0 bridgehead atoms. The Morgan fingerprint density at radius 2 is 2.33 bits per heavy atom. The molecular formula is C10H16N4O. The molecule has 0 aromatic carbocycles. The molecule has 0 aliphatic heterocycles. The van der Waals surface area contributed by atoms with E-state index >= 15 is 0 Å². The maximum Gasteiger partial charge on any atom is 0.271 e. The lowest BCUT2D eigenvalue weighted by atomic mass is 10.2. The minimum absolute atomic E-state index is 0.107. The Labute approximate surface area is 88.6 Å². The number of nitrogens with two attached hydrogens (primary N) is 1. The number of carbonyl (C=O) groups is 1. The molecule has 1 saturated carbocycles. The number of nitrogens with zero attached hydrogens (tertiary/aromatic N) is 2. The van der Waals surface area contributed by atoms with Crippen LogP contribution in [0.3, 0.4) is 0 Å². The van der Waals surface area contributed by atoms with Gasteiger partial charge < -0.3 is 11.1 Å². The number of aryl methyl sites for hydroxylation is 2. The summed E-state index contributed by atoms with van der Waals surface area (Å²) < 4.78 is 1.56. The molecule has 0 radical (unpaired) electrons. The molecule has 1 aromatic heterocycles. The minimum atomic E-state index is -0.107. The summed E-state index contributed by atoms with van der Waals surface area (Å²) >= 11 is 0. The van der Waals surface area contributed by atoms with Crippen LogP contribution in [0, 0.1) is 0 Å². The van der Waals surface area contributed by atoms with Crippen LogP contribution in [-0.2, 0) is 13.5 Å². The van der Waals surface area contributed by atoms with Crippen LogP contribution in [0.25, 0.3) is 0 Å². The predicted octanol–water partition coefficient (Wildman–Crippen LogP) is 0.457. The van der Waals surface area contributed by atoms with Crippen molar-refractivity contribution in [3.05, 3.63) is 11.4 Å². The number of nitrogen functional groups attached to an aromatic ring is 1. The summed E-state index contributed by atoms with van der Waals surface area (Å²) in [4.78, 5) is 11.8. The number of rotatable bonds is 3. The number of anilines is 1. The van der Waals surface area contributed by atoms with Gasteiger partial charge in [0.05, 0.1) is 11.4 Å². The van der Waals surface area contributed by atoms with Crippen LogP contribution >= 0.6 is 0 Å². The third-order valence-electron chi connectivity index (χ3n) is 2.62. The molecule has 5 heteroatoms. The fourth-order valence-corrected chi connectivity index (χ4v) is 1.61. The highest BCUT2D eigenvalue weighted by Gasteiger charge is 2.27. The number of aromatic nitrogens is 2. The highest BCUT2D eigenvalue weighted by molar-refractivity contribution is 5.98. The van der Waals surface area contributed by atoms with Crippen molar-refractivity contribution < 1.29 is 4.79 Å². The van der Waals surface area contributed by atoms with Crippen LogP contribution in [0.5, 0.6) is 0 Å². The molecule has 1 heterocycles. The summed E-state index contributed by atoms with van der Waals surface area (Å²) in [5.74, 6) is -0.107. The van der Waals surface area contributed by atoms with Gasteiger partial charge in [-0.25, -0.2) is 0 Å². The molecule has 3 N–H and O–H groups in total. The van der Waals surface area contributed by atoms with Crippen LogP contribution in [-0.4, -0.2) is 21.7 Å². The zero-order valence-electron chi connectivity index (χ0n) is 9.08. The second kappa shape index (κ2) is 3.56. The van der Waals surface area contributed by atoms with Crippen LogP contribution in [0.1, 0.15) is 35.9 Å². The molecule has 82 valence electrons. The van der Waals surface area contributed by atoms with Gasteiger partial charge in [0.2, 0.25) is 0 Å². The summed E-state index contributed by atoms with van der Waals surface area (Å²) in [5, 5.41) is 7.12. The molecule has 0 unspecified atom stereocenters. The maximum atomic E-state index is 11.8. The molecule has 1 amide bonds. The molecule has 2 rings (SSSR count). The molecule has 1 aromatic rings. The summed E-state index contributed by atoms with van der Waals surface area (Å²) in [7, 11) is 1.75. The first-order valence-corrected chi connectivity index (χ1v) is 5.25. The van der Waals surface area contributed by atoms with Gasteiger partial charge in [-0.1, -0.05) is 6.92 Å². The SMILES string of the molecule is CCc1nn(C)c(C(=O)NC2CC2)c1N. The fourth-order valence-electron chi connectivity index (χ4n) is 1.61. The predicted molar refractivity (Wildman–Crippen MR) is 57.5 cm³/mol. The van der Waals surface area contributed by atoms with E-state index in [0.29, 0.717) is 17.4 Å². The van der Waals surface area contributed by atoms with Crippen molar-refractivity contribution in [1.82, 2.24) is 15.1 Å². The van der Waals surface area contributed by atoms with E-state index in [-0.39, 0.29) is 5.91 Å². The lowest BCUT2D eigenvalue weighted by Crippen LogP contribution is -2.28. The average Bonchev–Trinajstić information content (AvgIpc) is 2.92. The lowest BCUT2D eigenvalue weighted by molar-refractivity contribution is 0.0942. The van der Waals surface area contributed by atoms with E-state index in [4.69, 9.17) is 5.73 Å². The molecule has 1 aliphatic carbocycles. The second-order valence-electron chi connectivity index (χ2n) is 3.93. The molecule has 1 aliphatic rings. The molecule has 0 saturated heterocycles. The molecule has 0 atom stereocenters. The van der Waals surface area contributed by atoms with Crippen LogP contribution in [0.15, 0.2) is 0 Å². The normalized spacial score (nSPS) is 15.3. The van der Waals surface area contributed by atoms with Gasteiger partial charge in [-0.3, -0.25) is 9.48 Å². The highest BCUT2D eigenvalue weighted by Crippen LogP contribution is 2.21. The van der Waals surface area contributed by atoms with Crippen LogP contribution < -0.4 is 11.1 Å². The van der Waals surface area contributed by atoms with E-state index in [0.717, 1.165) is 25.0 Å². The fraction of sp³-hybridized carbons (Fsp3) is 0.600.